The molecule has 0 amide bonds. The average Bonchev–Trinajstić information content (AvgIpc) is 2.48. The van der Waals surface area contributed by atoms with Gasteiger partial charge >= 0.3 is 0 Å². The minimum atomic E-state index is -0.0322. The molecule has 3 rings (SSSR count). The molecule has 1 saturated heterocycles. The number of para-hydroxylation sites is 1. The molecule has 0 bridgehead atoms. The third-order valence-corrected chi connectivity index (χ3v) is 5.74. The normalized spacial score (nSPS) is 21.0. The fourth-order valence-electron chi connectivity index (χ4n) is 3.25. The molecule has 2 atom stereocenters. The fourth-order valence-corrected chi connectivity index (χ4v) is 4.35. The van der Waals surface area contributed by atoms with Crippen LogP contribution in [0.2, 0.25) is 0 Å². The van der Waals surface area contributed by atoms with E-state index in [9.17, 15) is 4.79 Å². The number of thioether (sulfide) groups is 1. The zero-order valence-corrected chi connectivity index (χ0v) is 15.8. The number of aromatic amines is 1. The third kappa shape index (κ3) is 4.01. The van der Waals surface area contributed by atoms with Crippen molar-refractivity contribution in [3.05, 3.63) is 39.9 Å². The predicted molar refractivity (Wildman–Crippen MR) is 103 cm³/mol. The Bertz CT molecular complexity index is 778. The Morgan fingerprint density at radius 2 is 2.12 bits per heavy atom. The van der Waals surface area contributed by atoms with E-state index >= 15 is 0 Å². The molecule has 2 aromatic rings. The molecule has 0 spiro atoms. The van der Waals surface area contributed by atoms with Crippen molar-refractivity contribution in [1.82, 2.24) is 15.3 Å². The second-order valence-electron chi connectivity index (χ2n) is 8.04. The topological polar surface area (TPSA) is 57.8 Å². The van der Waals surface area contributed by atoms with Crippen LogP contribution in [0.4, 0.5) is 0 Å². The van der Waals surface area contributed by atoms with Crippen molar-refractivity contribution >= 4 is 22.7 Å². The Labute approximate surface area is 147 Å². The van der Waals surface area contributed by atoms with Gasteiger partial charge in [0.1, 0.15) is 5.82 Å². The summed E-state index contributed by atoms with van der Waals surface area (Å²) in [6.45, 7) is 9.99. The van der Waals surface area contributed by atoms with Crippen molar-refractivity contribution in [2.45, 2.75) is 45.9 Å². The highest BCUT2D eigenvalue weighted by atomic mass is 32.2. The number of hydrogen-bond acceptors (Lipinski definition) is 4. The molecular weight excluding hydrogens is 318 g/mol. The lowest BCUT2D eigenvalue weighted by molar-refractivity contribution is 0.184. The molecule has 2 unspecified atom stereocenters. The van der Waals surface area contributed by atoms with E-state index in [1.165, 1.54) is 6.42 Å². The van der Waals surface area contributed by atoms with Crippen LogP contribution in [0.25, 0.3) is 10.9 Å². The van der Waals surface area contributed by atoms with Gasteiger partial charge in [0.05, 0.1) is 16.7 Å². The van der Waals surface area contributed by atoms with E-state index in [0.717, 1.165) is 40.9 Å². The van der Waals surface area contributed by atoms with Gasteiger partial charge in [-0.25, -0.2) is 4.98 Å². The van der Waals surface area contributed by atoms with E-state index in [1.807, 2.05) is 36.9 Å². The summed E-state index contributed by atoms with van der Waals surface area (Å²) in [4.78, 5) is 19.8. The van der Waals surface area contributed by atoms with Crippen LogP contribution >= 0.6 is 11.8 Å². The summed E-state index contributed by atoms with van der Waals surface area (Å²) in [7, 11) is 0. The van der Waals surface area contributed by atoms with Gasteiger partial charge in [0.15, 0.2) is 0 Å². The van der Waals surface area contributed by atoms with Crippen molar-refractivity contribution in [1.29, 1.82) is 0 Å². The lowest BCUT2D eigenvalue weighted by Gasteiger charge is -2.41. The first-order valence-corrected chi connectivity index (χ1v) is 9.78. The van der Waals surface area contributed by atoms with E-state index in [0.29, 0.717) is 16.8 Å². The summed E-state index contributed by atoms with van der Waals surface area (Å²) in [5.74, 6) is 3.39. The second-order valence-corrected chi connectivity index (χ2v) is 9.07. The molecule has 0 aliphatic carbocycles. The molecule has 4 nitrogen and oxygen atoms in total. The standard InChI is InChI=1S/C19H27N3OS/c1-12-6-5-7-14-17(12)21-16(22-18(14)23)11-24-10-13-9-20-15(13)8-19(2,3)4/h5-7,13,15,20H,8-11H2,1-4H3,(H,21,22,23). The van der Waals surface area contributed by atoms with Crippen LogP contribution in [0.15, 0.2) is 23.0 Å². The largest absolute Gasteiger partial charge is 0.313 e. The van der Waals surface area contributed by atoms with E-state index < -0.39 is 0 Å². The highest BCUT2D eigenvalue weighted by Crippen LogP contribution is 2.30. The van der Waals surface area contributed by atoms with E-state index in [1.54, 1.807) is 0 Å². The second kappa shape index (κ2) is 6.89. The minimum Gasteiger partial charge on any atom is -0.313 e. The Hall–Kier alpha value is -1.33. The van der Waals surface area contributed by atoms with E-state index in [-0.39, 0.29) is 5.56 Å². The van der Waals surface area contributed by atoms with Crippen molar-refractivity contribution in [3.8, 4) is 0 Å². The zero-order chi connectivity index (χ0) is 17.3. The van der Waals surface area contributed by atoms with Crippen molar-refractivity contribution in [3.63, 3.8) is 0 Å². The molecule has 0 radical (unpaired) electrons. The van der Waals surface area contributed by atoms with Gasteiger partial charge in [-0.1, -0.05) is 32.9 Å². The highest BCUT2D eigenvalue weighted by Gasteiger charge is 2.32. The molecule has 0 saturated carbocycles. The molecule has 1 aromatic heterocycles. The number of hydrogen-bond donors (Lipinski definition) is 2. The maximum Gasteiger partial charge on any atom is 0.258 e. The van der Waals surface area contributed by atoms with Gasteiger partial charge in [-0.2, -0.15) is 11.8 Å². The van der Waals surface area contributed by atoms with Crippen LogP contribution < -0.4 is 10.9 Å². The predicted octanol–water partition coefficient (Wildman–Crippen LogP) is 3.49. The molecular formula is C19H27N3OS. The van der Waals surface area contributed by atoms with Gasteiger partial charge in [-0.15, -0.1) is 0 Å². The lowest BCUT2D eigenvalue weighted by atomic mass is 9.80. The summed E-state index contributed by atoms with van der Waals surface area (Å²) < 4.78 is 0. The van der Waals surface area contributed by atoms with Crippen LogP contribution in [-0.2, 0) is 5.75 Å². The van der Waals surface area contributed by atoms with E-state index in [2.05, 4.69) is 36.1 Å². The van der Waals surface area contributed by atoms with Gasteiger partial charge in [0, 0.05) is 12.6 Å². The molecule has 2 N–H and O–H groups in total. The average molecular weight is 346 g/mol. The fraction of sp³-hybridized carbons (Fsp3) is 0.579. The quantitative estimate of drug-likeness (QED) is 0.871. The maximum atomic E-state index is 12.2. The molecule has 1 aromatic carbocycles. The number of rotatable bonds is 5. The molecule has 5 heteroatoms. The van der Waals surface area contributed by atoms with Crippen LogP contribution in [0.1, 0.15) is 38.6 Å². The Kier molecular flexibility index (Phi) is 5.02. The Morgan fingerprint density at radius 3 is 2.79 bits per heavy atom. The van der Waals surface area contributed by atoms with Gasteiger partial charge in [-0.3, -0.25) is 4.79 Å². The summed E-state index contributed by atoms with van der Waals surface area (Å²) in [5, 5.41) is 4.23. The number of benzene rings is 1. The monoisotopic (exact) mass is 345 g/mol. The lowest BCUT2D eigenvalue weighted by Crippen LogP contribution is -2.55. The summed E-state index contributed by atoms with van der Waals surface area (Å²) in [6, 6.07) is 6.37. The smallest absolute Gasteiger partial charge is 0.258 e. The molecule has 130 valence electrons. The van der Waals surface area contributed by atoms with Crippen LogP contribution in [-0.4, -0.2) is 28.3 Å². The summed E-state index contributed by atoms with van der Waals surface area (Å²) in [6.07, 6.45) is 1.21. The number of H-pyrrole nitrogens is 1. The van der Waals surface area contributed by atoms with Crippen LogP contribution in [0.3, 0.4) is 0 Å². The molecule has 1 aliphatic heterocycles. The first-order chi connectivity index (χ1) is 11.3. The number of nitrogens with one attached hydrogen (secondary N) is 2. The number of nitrogens with zero attached hydrogens (tertiary/aromatic N) is 1. The van der Waals surface area contributed by atoms with Crippen LogP contribution in [0, 0.1) is 18.3 Å². The Balaban J connectivity index is 1.61. The molecule has 1 fully saturated rings. The van der Waals surface area contributed by atoms with Crippen molar-refractivity contribution in [2.24, 2.45) is 11.3 Å². The van der Waals surface area contributed by atoms with Gasteiger partial charge in [0.2, 0.25) is 0 Å². The van der Waals surface area contributed by atoms with Crippen molar-refractivity contribution < 1.29 is 0 Å². The number of aromatic nitrogens is 2. The molecule has 2 heterocycles. The van der Waals surface area contributed by atoms with Crippen LogP contribution in [0.5, 0.6) is 0 Å². The first kappa shape index (κ1) is 17.5. The number of aryl methyl sites for hydroxylation is 1. The SMILES string of the molecule is Cc1cccc2c(=O)[nH]c(CSCC3CNC3CC(C)(C)C)nc12. The van der Waals surface area contributed by atoms with E-state index in [4.69, 9.17) is 0 Å². The Morgan fingerprint density at radius 1 is 1.33 bits per heavy atom. The third-order valence-electron chi connectivity index (χ3n) is 4.60. The summed E-state index contributed by atoms with van der Waals surface area (Å²) in [5.41, 5.74) is 2.21. The highest BCUT2D eigenvalue weighted by molar-refractivity contribution is 7.98. The van der Waals surface area contributed by atoms with Gasteiger partial charge in [0.25, 0.3) is 5.56 Å². The maximum absolute atomic E-state index is 12.2. The number of fused-ring (bicyclic) bond motifs is 1. The zero-order valence-electron chi connectivity index (χ0n) is 15.0. The van der Waals surface area contributed by atoms with Crippen molar-refractivity contribution in [2.75, 3.05) is 12.3 Å². The van der Waals surface area contributed by atoms with Gasteiger partial charge in [-0.05, 0) is 42.1 Å². The minimum absolute atomic E-state index is 0.0322. The van der Waals surface area contributed by atoms with Gasteiger partial charge < -0.3 is 10.3 Å². The summed E-state index contributed by atoms with van der Waals surface area (Å²) >= 11 is 1.87. The first-order valence-electron chi connectivity index (χ1n) is 8.63. The molecule has 24 heavy (non-hydrogen) atoms. The molecule has 1 aliphatic rings.